The topological polar surface area (TPSA) is 48.5 Å². The maximum absolute atomic E-state index is 12.7. The SMILES string of the molecule is CCCNc1cc(C(=O)N2CCN(C)CC2)cc(CC)n1. The number of nitrogens with one attached hydrogen (secondary N) is 1. The Balaban J connectivity index is 2.15. The Labute approximate surface area is 127 Å². The van der Waals surface area contributed by atoms with Gasteiger partial charge in [0.15, 0.2) is 0 Å². The van der Waals surface area contributed by atoms with Gasteiger partial charge in [-0.3, -0.25) is 4.79 Å². The van der Waals surface area contributed by atoms with Crippen LogP contribution in [0, 0.1) is 0 Å². The van der Waals surface area contributed by atoms with Gasteiger partial charge in [0, 0.05) is 44.0 Å². The van der Waals surface area contributed by atoms with E-state index in [1.165, 1.54) is 0 Å². The molecule has 1 N–H and O–H groups in total. The molecule has 0 saturated carbocycles. The Morgan fingerprint density at radius 1 is 1.24 bits per heavy atom. The molecule has 2 heterocycles. The zero-order valence-corrected chi connectivity index (χ0v) is 13.4. The molecule has 0 bridgehead atoms. The maximum atomic E-state index is 12.7. The van der Waals surface area contributed by atoms with Crippen molar-refractivity contribution in [2.24, 2.45) is 0 Å². The first-order valence-electron chi connectivity index (χ1n) is 7.86. The van der Waals surface area contributed by atoms with Gasteiger partial charge in [-0.2, -0.15) is 0 Å². The van der Waals surface area contributed by atoms with E-state index in [-0.39, 0.29) is 5.91 Å². The van der Waals surface area contributed by atoms with Gasteiger partial charge in [0.25, 0.3) is 5.91 Å². The van der Waals surface area contributed by atoms with E-state index >= 15 is 0 Å². The van der Waals surface area contributed by atoms with Crippen molar-refractivity contribution in [2.75, 3.05) is 45.1 Å². The number of piperazine rings is 1. The zero-order valence-electron chi connectivity index (χ0n) is 13.4. The molecule has 1 fully saturated rings. The summed E-state index contributed by atoms with van der Waals surface area (Å²) < 4.78 is 0. The van der Waals surface area contributed by atoms with Crippen LogP contribution >= 0.6 is 0 Å². The van der Waals surface area contributed by atoms with E-state index in [0.717, 1.165) is 62.6 Å². The van der Waals surface area contributed by atoms with Crippen molar-refractivity contribution in [1.82, 2.24) is 14.8 Å². The molecule has 2 rings (SSSR count). The van der Waals surface area contributed by atoms with Gasteiger partial charge in [-0.25, -0.2) is 4.98 Å². The van der Waals surface area contributed by atoms with E-state index in [9.17, 15) is 4.79 Å². The molecule has 1 aromatic heterocycles. The summed E-state index contributed by atoms with van der Waals surface area (Å²) in [4.78, 5) is 21.4. The first kappa shape index (κ1) is 15.8. The molecule has 0 spiro atoms. The molecule has 1 aromatic rings. The first-order chi connectivity index (χ1) is 10.1. The molecule has 0 unspecified atom stereocenters. The Morgan fingerprint density at radius 3 is 2.57 bits per heavy atom. The number of likely N-dealkylation sites (N-methyl/N-ethyl adjacent to an activating group) is 1. The van der Waals surface area contributed by atoms with Gasteiger partial charge in [-0.15, -0.1) is 0 Å². The monoisotopic (exact) mass is 290 g/mol. The second-order valence-electron chi connectivity index (χ2n) is 5.61. The number of amides is 1. The van der Waals surface area contributed by atoms with Crippen molar-refractivity contribution >= 4 is 11.7 Å². The molecule has 116 valence electrons. The number of hydrogen-bond acceptors (Lipinski definition) is 4. The summed E-state index contributed by atoms with van der Waals surface area (Å²) in [5.74, 6) is 0.938. The smallest absolute Gasteiger partial charge is 0.254 e. The summed E-state index contributed by atoms with van der Waals surface area (Å²) in [6.45, 7) is 8.55. The number of hydrogen-bond donors (Lipinski definition) is 1. The van der Waals surface area contributed by atoms with Crippen molar-refractivity contribution in [3.63, 3.8) is 0 Å². The van der Waals surface area contributed by atoms with Crippen LogP contribution < -0.4 is 5.32 Å². The van der Waals surface area contributed by atoms with E-state index in [1.54, 1.807) is 0 Å². The number of rotatable bonds is 5. The highest BCUT2D eigenvalue weighted by Crippen LogP contribution is 2.15. The normalized spacial score (nSPS) is 16.0. The molecule has 1 aliphatic heterocycles. The van der Waals surface area contributed by atoms with Crippen LogP contribution in [0.5, 0.6) is 0 Å². The molecule has 5 nitrogen and oxygen atoms in total. The minimum absolute atomic E-state index is 0.125. The molecule has 1 amide bonds. The average molecular weight is 290 g/mol. The minimum Gasteiger partial charge on any atom is -0.370 e. The molecule has 0 aromatic carbocycles. The third-order valence-corrected chi connectivity index (χ3v) is 3.83. The summed E-state index contributed by atoms with van der Waals surface area (Å²) >= 11 is 0. The molecule has 5 heteroatoms. The van der Waals surface area contributed by atoms with Crippen molar-refractivity contribution in [3.05, 3.63) is 23.4 Å². The molecule has 1 saturated heterocycles. The van der Waals surface area contributed by atoms with Crippen LogP contribution in [0.2, 0.25) is 0 Å². The van der Waals surface area contributed by atoms with Crippen molar-refractivity contribution < 1.29 is 4.79 Å². The third-order valence-electron chi connectivity index (χ3n) is 3.83. The van der Waals surface area contributed by atoms with Crippen LogP contribution in [0.15, 0.2) is 12.1 Å². The molecular weight excluding hydrogens is 264 g/mol. The fourth-order valence-electron chi connectivity index (χ4n) is 2.43. The van der Waals surface area contributed by atoms with Gasteiger partial charge in [-0.1, -0.05) is 13.8 Å². The summed E-state index contributed by atoms with van der Waals surface area (Å²) in [5, 5.41) is 3.28. The van der Waals surface area contributed by atoms with Crippen LogP contribution in [0.25, 0.3) is 0 Å². The predicted octanol–water partition coefficient (Wildman–Crippen LogP) is 1.85. The minimum atomic E-state index is 0.125. The third kappa shape index (κ3) is 4.17. The fourth-order valence-corrected chi connectivity index (χ4v) is 2.43. The molecule has 1 aliphatic rings. The highest BCUT2D eigenvalue weighted by atomic mass is 16.2. The maximum Gasteiger partial charge on any atom is 0.254 e. The predicted molar refractivity (Wildman–Crippen MR) is 85.8 cm³/mol. The van der Waals surface area contributed by atoms with E-state index < -0.39 is 0 Å². The summed E-state index contributed by atoms with van der Waals surface area (Å²) in [7, 11) is 2.09. The highest BCUT2D eigenvalue weighted by Gasteiger charge is 2.21. The number of carbonyl (C=O) groups is 1. The van der Waals surface area contributed by atoms with Crippen LogP contribution in [-0.4, -0.2) is 60.5 Å². The van der Waals surface area contributed by atoms with E-state index in [4.69, 9.17) is 0 Å². The van der Waals surface area contributed by atoms with E-state index in [0.29, 0.717) is 0 Å². The number of pyridine rings is 1. The number of anilines is 1. The highest BCUT2D eigenvalue weighted by molar-refractivity contribution is 5.95. The summed E-state index contributed by atoms with van der Waals surface area (Å²) in [5.41, 5.74) is 1.72. The Kier molecular flexibility index (Phi) is 5.56. The second kappa shape index (κ2) is 7.41. The lowest BCUT2D eigenvalue weighted by atomic mass is 10.1. The first-order valence-corrected chi connectivity index (χ1v) is 7.86. The average Bonchev–Trinajstić information content (AvgIpc) is 2.52. The second-order valence-corrected chi connectivity index (χ2v) is 5.61. The quantitative estimate of drug-likeness (QED) is 0.899. The van der Waals surface area contributed by atoms with Gasteiger partial charge in [0.05, 0.1) is 0 Å². The van der Waals surface area contributed by atoms with Gasteiger partial charge in [0.2, 0.25) is 0 Å². The van der Waals surface area contributed by atoms with Crippen LogP contribution in [-0.2, 0) is 6.42 Å². The number of aromatic nitrogens is 1. The number of nitrogens with zero attached hydrogens (tertiary/aromatic N) is 3. The Hall–Kier alpha value is -1.62. The van der Waals surface area contributed by atoms with Gasteiger partial charge >= 0.3 is 0 Å². The molecule has 0 atom stereocenters. The van der Waals surface area contributed by atoms with Gasteiger partial charge in [-0.05, 0) is 32.0 Å². The largest absolute Gasteiger partial charge is 0.370 e. The van der Waals surface area contributed by atoms with Crippen molar-refractivity contribution in [2.45, 2.75) is 26.7 Å². The Bertz CT molecular complexity index is 481. The summed E-state index contributed by atoms with van der Waals surface area (Å²) in [6.07, 6.45) is 1.88. The van der Waals surface area contributed by atoms with Crippen LogP contribution in [0.3, 0.4) is 0 Å². The van der Waals surface area contributed by atoms with Crippen LogP contribution in [0.4, 0.5) is 5.82 Å². The lowest BCUT2D eigenvalue weighted by Gasteiger charge is -2.32. The zero-order chi connectivity index (χ0) is 15.2. The molecular formula is C16H26N4O. The standard InChI is InChI=1S/C16H26N4O/c1-4-6-17-15-12-13(11-14(5-2)18-15)16(21)20-9-7-19(3)8-10-20/h11-12H,4-10H2,1-3H3,(H,17,18). The fraction of sp³-hybridized carbons (Fsp3) is 0.625. The van der Waals surface area contributed by atoms with E-state index in [1.807, 2.05) is 17.0 Å². The molecule has 21 heavy (non-hydrogen) atoms. The van der Waals surface area contributed by atoms with Gasteiger partial charge in [0.1, 0.15) is 5.82 Å². The lowest BCUT2D eigenvalue weighted by Crippen LogP contribution is -2.47. The number of carbonyl (C=O) groups excluding carboxylic acids is 1. The van der Waals surface area contributed by atoms with E-state index in [2.05, 4.69) is 36.1 Å². The molecule has 0 radical (unpaired) electrons. The van der Waals surface area contributed by atoms with Crippen molar-refractivity contribution in [1.29, 1.82) is 0 Å². The Morgan fingerprint density at radius 2 is 1.95 bits per heavy atom. The van der Waals surface area contributed by atoms with Gasteiger partial charge < -0.3 is 15.1 Å². The molecule has 0 aliphatic carbocycles. The van der Waals surface area contributed by atoms with Crippen molar-refractivity contribution in [3.8, 4) is 0 Å². The lowest BCUT2D eigenvalue weighted by molar-refractivity contribution is 0.0664. The number of aryl methyl sites for hydroxylation is 1. The summed E-state index contributed by atoms with van der Waals surface area (Å²) in [6, 6.07) is 3.81. The van der Waals surface area contributed by atoms with Crippen LogP contribution in [0.1, 0.15) is 36.3 Å².